The Morgan fingerprint density at radius 1 is 1.00 bits per heavy atom. The summed E-state index contributed by atoms with van der Waals surface area (Å²) in [7, 11) is 0. The van der Waals surface area contributed by atoms with E-state index in [-0.39, 0.29) is 48.1 Å². The third-order valence-corrected chi connectivity index (χ3v) is 11.6. The normalized spacial score (nSPS) is 21.9. The molecule has 3 rings (SSSR count). The van der Waals surface area contributed by atoms with E-state index in [1.807, 2.05) is 46.4 Å². The second-order valence-electron chi connectivity index (χ2n) is 17.0. The number of amides is 6. The molecule has 5 atom stereocenters. The fourth-order valence-electron chi connectivity index (χ4n) is 8.10. The lowest BCUT2D eigenvalue weighted by atomic mass is 9.70. The second-order valence-corrected chi connectivity index (χ2v) is 17.0. The van der Waals surface area contributed by atoms with Crippen molar-refractivity contribution in [3.8, 4) is 12.3 Å². The van der Waals surface area contributed by atoms with Gasteiger partial charge in [-0.2, -0.15) is 0 Å². The molecule has 1 unspecified atom stereocenters. The summed E-state index contributed by atoms with van der Waals surface area (Å²) in [5.41, 5.74) is -0.925. The van der Waals surface area contributed by atoms with Crippen LogP contribution in [0.1, 0.15) is 125 Å². The van der Waals surface area contributed by atoms with Crippen molar-refractivity contribution in [2.45, 2.75) is 149 Å². The van der Waals surface area contributed by atoms with Crippen molar-refractivity contribution in [3.63, 3.8) is 0 Å². The van der Waals surface area contributed by atoms with Crippen LogP contribution >= 0.6 is 0 Å². The molecule has 0 spiro atoms. The van der Waals surface area contributed by atoms with E-state index >= 15 is 0 Å². The highest BCUT2D eigenvalue weighted by Crippen LogP contribution is 2.41. The molecule has 12 nitrogen and oxygen atoms in total. The first-order valence-corrected chi connectivity index (χ1v) is 19.9. The van der Waals surface area contributed by atoms with Crippen molar-refractivity contribution < 1.29 is 28.8 Å². The quantitative estimate of drug-likeness (QED) is 0.0747. The fourth-order valence-corrected chi connectivity index (χ4v) is 8.10. The van der Waals surface area contributed by atoms with Crippen molar-refractivity contribution in [3.05, 3.63) is 12.7 Å². The molecule has 53 heavy (non-hydrogen) atoms. The van der Waals surface area contributed by atoms with Gasteiger partial charge in [-0.1, -0.05) is 66.9 Å². The van der Waals surface area contributed by atoms with E-state index in [0.717, 1.165) is 44.9 Å². The minimum Gasteiger partial charge on any atom is -0.346 e. The van der Waals surface area contributed by atoms with Gasteiger partial charge in [0.25, 0.3) is 5.91 Å². The lowest BCUT2D eigenvalue weighted by molar-refractivity contribution is -0.145. The molecule has 3 aliphatic rings. The summed E-state index contributed by atoms with van der Waals surface area (Å²) in [6.07, 6.45) is 16.0. The van der Waals surface area contributed by atoms with Crippen LogP contribution in [0, 0.1) is 35.0 Å². The minimum absolute atomic E-state index is 0.0363. The van der Waals surface area contributed by atoms with Crippen molar-refractivity contribution in [1.82, 2.24) is 31.1 Å². The van der Waals surface area contributed by atoms with Gasteiger partial charge in [0, 0.05) is 39.0 Å². The number of unbranched alkanes of at least 4 members (excludes halogenated alkanes) is 2. The topological polar surface area (TPSA) is 157 Å². The molecule has 1 aliphatic carbocycles. The Balaban J connectivity index is 1.90. The summed E-state index contributed by atoms with van der Waals surface area (Å²) >= 11 is 0. The summed E-state index contributed by atoms with van der Waals surface area (Å²) < 4.78 is 0. The molecule has 6 amide bonds. The maximum atomic E-state index is 14.9. The van der Waals surface area contributed by atoms with Crippen LogP contribution in [0.4, 0.5) is 4.79 Å². The molecule has 0 aromatic carbocycles. The highest BCUT2D eigenvalue weighted by atomic mass is 16.2. The van der Waals surface area contributed by atoms with Crippen molar-refractivity contribution in [1.29, 1.82) is 0 Å². The van der Waals surface area contributed by atoms with E-state index in [4.69, 9.17) is 6.42 Å². The van der Waals surface area contributed by atoms with E-state index in [0.29, 0.717) is 51.7 Å². The number of ketones is 1. The van der Waals surface area contributed by atoms with Gasteiger partial charge in [0.15, 0.2) is 0 Å². The third kappa shape index (κ3) is 12.1. The van der Waals surface area contributed by atoms with Crippen LogP contribution in [0.25, 0.3) is 0 Å². The zero-order chi connectivity index (χ0) is 39.3. The van der Waals surface area contributed by atoms with Crippen molar-refractivity contribution in [2.24, 2.45) is 22.7 Å². The van der Waals surface area contributed by atoms with Crippen LogP contribution in [0.5, 0.6) is 0 Å². The SMILES string of the molecule is C#CCCCCC(NC(=O)[C@@H]1[C@@H](C(C)C)CCN1C(=O)[C@@H](NC(=O)N[C@H](CN1CCCCC1=O)C(C)(C)C)C1(C)CCCCC1)C(=O)C(=O)NCC=C. The monoisotopic (exact) mass is 739 g/mol. The molecule has 2 aliphatic heterocycles. The van der Waals surface area contributed by atoms with Crippen LogP contribution in [0.2, 0.25) is 0 Å². The first-order valence-electron chi connectivity index (χ1n) is 19.9. The molecule has 0 aromatic rings. The lowest BCUT2D eigenvalue weighted by Gasteiger charge is -2.43. The Labute approximate surface area is 317 Å². The highest BCUT2D eigenvalue weighted by Gasteiger charge is 2.50. The number of piperidine rings is 1. The van der Waals surface area contributed by atoms with E-state index in [1.165, 1.54) is 6.08 Å². The highest BCUT2D eigenvalue weighted by molar-refractivity contribution is 6.38. The number of nitrogens with one attached hydrogen (secondary N) is 4. The molecule has 3 fully saturated rings. The number of hydrogen-bond acceptors (Lipinski definition) is 6. The fraction of sp³-hybridized carbons (Fsp3) is 0.756. The summed E-state index contributed by atoms with van der Waals surface area (Å²) in [5.74, 6) is 0.108. The molecular formula is C41H66N6O6. The Bertz CT molecular complexity index is 1360. The molecule has 12 heteroatoms. The number of rotatable bonds is 17. The largest absolute Gasteiger partial charge is 0.346 e. The number of likely N-dealkylation sites (tertiary alicyclic amines) is 2. The molecule has 0 bridgehead atoms. The van der Waals surface area contributed by atoms with E-state index in [2.05, 4.69) is 33.8 Å². The van der Waals surface area contributed by atoms with E-state index in [1.54, 1.807) is 4.90 Å². The van der Waals surface area contributed by atoms with Gasteiger partial charge >= 0.3 is 6.03 Å². The van der Waals surface area contributed by atoms with Crippen LogP contribution < -0.4 is 21.3 Å². The summed E-state index contributed by atoms with van der Waals surface area (Å²) in [6.45, 7) is 17.2. The van der Waals surface area contributed by atoms with Gasteiger partial charge in [0.2, 0.25) is 23.5 Å². The lowest BCUT2D eigenvalue weighted by Crippen LogP contribution is -2.63. The molecule has 4 N–H and O–H groups in total. The number of hydrogen-bond donors (Lipinski definition) is 4. The first kappa shape index (κ1) is 43.5. The maximum Gasteiger partial charge on any atom is 0.315 e. The number of carbonyl (C=O) groups is 6. The van der Waals surface area contributed by atoms with Gasteiger partial charge in [0.1, 0.15) is 12.1 Å². The van der Waals surface area contributed by atoms with E-state index < -0.39 is 47.2 Å². The van der Waals surface area contributed by atoms with Crippen molar-refractivity contribution >= 4 is 35.4 Å². The number of terminal acetylenes is 1. The van der Waals surface area contributed by atoms with Crippen LogP contribution in [0.3, 0.4) is 0 Å². The second kappa shape index (κ2) is 20.0. The van der Waals surface area contributed by atoms with Crippen LogP contribution in [-0.4, -0.2) is 95.6 Å². The van der Waals surface area contributed by atoms with Gasteiger partial charge in [0.05, 0.1) is 12.1 Å². The molecule has 0 radical (unpaired) electrons. The number of urea groups is 1. The van der Waals surface area contributed by atoms with Gasteiger partial charge in [-0.05, 0) is 74.0 Å². The Hall–Kier alpha value is -3.88. The summed E-state index contributed by atoms with van der Waals surface area (Å²) in [5, 5.41) is 11.6. The Kier molecular flexibility index (Phi) is 16.4. The molecule has 1 saturated carbocycles. The predicted octanol–water partition coefficient (Wildman–Crippen LogP) is 4.47. The predicted molar refractivity (Wildman–Crippen MR) is 206 cm³/mol. The first-order chi connectivity index (χ1) is 25.0. The van der Waals surface area contributed by atoms with Gasteiger partial charge in [-0.15, -0.1) is 18.9 Å². The van der Waals surface area contributed by atoms with Crippen LogP contribution in [-0.2, 0) is 24.0 Å². The van der Waals surface area contributed by atoms with Crippen LogP contribution in [0.15, 0.2) is 12.7 Å². The zero-order valence-electron chi connectivity index (χ0n) is 33.2. The van der Waals surface area contributed by atoms with Gasteiger partial charge in [-0.3, -0.25) is 24.0 Å². The smallest absolute Gasteiger partial charge is 0.315 e. The Morgan fingerprint density at radius 3 is 2.30 bits per heavy atom. The minimum atomic E-state index is -1.09. The average molecular weight is 739 g/mol. The summed E-state index contributed by atoms with van der Waals surface area (Å²) in [4.78, 5) is 85.3. The molecule has 2 saturated heterocycles. The average Bonchev–Trinajstić information content (AvgIpc) is 3.57. The molecule has 0 aromatic heterocycles. The molecule has 296 valence electrons. The van der Waals surface area contributed by atoms with Gasteiger partial charge in [-0.25, -0.2) is 4.79 Å². The Morgan fingerprint density at radius 2 is 1.70 bits per heavy atom. The number of nitrogens with zero attached hydrogens (tertiary/aromatic N) is 2. The zero-order valence-corrected chi connectivity index (χ0v) is 33.2. The van der Waals surface area contributed by atoms with E-state index in [9.17, 15) is 28.8 Å². The molecule has 2 heterocycles. The third-order valence-electron chi connectivity index (χ3n) is 11.6. The van der Waals surface area contributed by atoms with Gasteiger partial charge < -0.3 is 31.1 Å². The number of carbonyl (C=O) groups excluding carboxylic acids is 6. The number of Topliss-reactive ketones (excluding diaryl/α,β-unsaturated/α-hetero) is 1. The maximum absolute atomic E-state index is 14.9. The summed E-state index contributed by atoms with van der Waals surface area (Å²) in [6, 6.07) is -3.75. The van der Waals surface area contributed by atoms with Crippen molar-refractivity contribution in [2.75, 3.05) is 26.2 Å². The standard InChI is InChI=1S/C41H66N6O6/c1-9-11-12-14-19-30(34(49)37(51)42-24-10-2)43-36(50)33-29(28(3)4)21-26-47(33)38(52)35(41(8)22-16-13-17-23-41)45-39(53)44-31(40(5,6)7)27-46-25-18-15-20-32(46)48/h1,10,28-31,33,35H,2,11-27H2,3-8H3,(H,42,51)(H,43,50)(H2,44,45,53)/t29-,30?,31-,33+,35-/m1/s1. The molecular weight excluding hydrogens is 672 g/mol.